The molecule has 1 amide bonds. The van der Waals surface area contributed by atoms with Crippen molar-refractivity contribution < 1.29 is 9.53 Å². The van der Waals surface area contributed by atoms with Crippen LogP contribution in [0.15, 0.2) is 12.1 Å². The molecule has 1 heterocycles. The first-order valence-corrected chi connectivity index (χ1v) is 5.65. The highest BCUT2D eigenvalue weighted by atomic mass is 16.5. The van der Waals surface area contributed by atoms with Crippen LogP contribution >= 0.6 is 0 Å². The van der Waals surface area contributed by atoms with Gasteiger partial charge in [0.05, 0.1) is 0 Å². The molecule has 0 saturated carbocycles. The van der Waals surface area contributed by atoms with Crippen molar-refractivity contribution in [3.8, 4) is 0 Å². The molecular formula is C12H19N3O2. The lowest BCUT2D eigenvalue weighted by Crippen LogP contribution is -2.25. The van der Waals surface area contributed by atoms with Crippen molar-refractivity contribution in [2.45, 2.75) is 19.8 Å². The number of ether oxygens (including phenoxy) is 1. The fraction of sp³-hybridized carbons (Fsp3) is 0.500. The van der Waals surface area contributed by atoms with Crippen LogP contribution in [-0.4, -0.2) is 31.2 Å². The lowest BCUT2D eigenvalue weighted by atomic mass is 10.2. The molecule has 17 heavy (non-hydrogen) atoms. The van der Waals surface area contributed by atoms with Crippen molar-refractivity contribution >= 4 is 11.7 Å². The number of unbranched alkanes of at least 4 members (excludes halogenated alkanes) is 1. The summed E-state index contributed by atoms with van der Waals surface area (Å²) in [6.07, 6.45) is 1.84. The Kier molecular flexibility index (Phi) is 5.42. The van der Waals surface area contributed by atoms with Gasteiger partial charge in [-0.25, -0.2) is 4.98 Å². The van der Waals surface area contributed by atoms with E-state index in [2.05, 4.69) is 10.3 Å². The van der Waals surface area contributed by atoms with Crippen LogP contribution in [0.5, 0.6) is 0 Å². The molecule has 94 valence electrons. The minimum absolute atomic E-state index is 0.111. The summed E-state index contributed by atoms with van der Waals surface area (Å²) in [5.41, 5.74) is 6.89. The second-order valence-electron chi connectivity index (χ2n) is 3.88. The van der Waals surface area contributed by atoms with Crippen molar-refractivity contribution in [1.29, 1.82) is 0 Å². The monoisotopic (exact) mass is 237 g/mol. The SMILES string of the molecule is COCCCCNC(=O)c1cc(C)nc(N)c1. The summed E-state index contributed by atoms with van der Waals surface area (Å²) < 4.78 is 4.93. The zero-order valence-electron chi connectivity index (χ0n) is 10.3. The summed E-state index contributed by atoms with van der Waals surface area (Å²) in [5, 5.41) is 2.83. The van der Waals surface area contributed by atoms with Crippen LogP contribution in [0.2, 0.25) is 0 Å². The number of carbonyl (C=O) groups excluding carboxylic acids is 1. The Hall–Kier alpha value is -1.62. The molecule has 0 radical (unpaired) electrons. The third-order valence-electron chi connectivity index (χ3n) is 2.30. The van der Waals surface area contributed by atoms with E-state index in [0.29, 0.717) is 17.9 Å². The van der Waals surface area contributed by atoms with Crippen LogP contribution in [0.25, 0.3) is 0 Å². The smallest absolute Gasteiger partial charge is 0.251 e. The summed E-state index contributed by atoms with van der Waals surface area (Å²) in [7, 11) is 1.67. The van der Waals surface area contributed by atoms with Gasteiger partial charge in [-0.05, 0) is 31.9 Å². The topological polar surface area (TPSA) is 77.2 Å². The third-order valence-corrected chi connectivity index (χ3v) is 2.30. The minimum Gasteiger partial charge on any atom is -0.385 e. The summed E-state index contributed by atoms with van der Waals surface area (Å²) in [4.78, 5) is 15.8. The molecule has 0 atom stereocenters. The van der Waals surface area contributed by atoms with Gasteiger partial charge in [0.2, 0.25) is 0 Å². The van der Waals surface area contributed by atoms with Gasteiger partial charge in [-0.2, -0.15) is 0 Å². The van der Waals surface area contributed by atoms with Gasteiger partial charge in [0.15, 0.2) is 0 Å². The molecule has 0 aliphatic carbocycles. The third kappa shape index (κ3) is 4.82. The van der Waals surface area contributed by atoms with Gasteiger partial charge in [-0.3, -0.25) is 4.79 Å². The highest BCUT2D eigenvalue weighted by Crippen LogP contribution is 2.06. The number of nitrogen functional groups attached to an aromatic ring is 1. The van der Waals surface area contributed by atoms with Crippen LogP contribution in [0.1, 0.15) is 28.9 Å². The largest absolute Gasteiger partial charge is 0.385 e. The Balaban J connectivity index is 2.41. The molecule has 0 fully saturated rings. The fourth-order valence-electron chi connectivity index (χ4n) is 1.50. The van der Waals surface area contributed by atoms with Crippen LogP contribution in [-0.2, 0) is 4.74 Å². The average Bonchev–Trinajstić information content (AvgIpc) is 2.27. The van der Waals surface area contributed by atoms with E-state index in [4.69, 9.17) is 10.5 Å². The summed E-state index contributed by atoms with van der Waals surface area (Å²) in [6.45, 7) is 3.17. The zero-order valence-corrected chi connectivity index (χ0v) is 10.3. The van der Waals surface area contributed by atoms with Crippen LogP contribution in [0.3, 0.4) is 0 Å². The number of hydrogen-bond acceptors (Lipinski definition) is 4. The standard InChI is InChI=1S/C12H19N3O2/c1-9-7-10(8-11(13)15-9)12(16)14-5-3-4-6-17-2/h7-8H,3-6H2,1-2H3,(H2,13,15)(H,14,16). The Bertz CT molecular complexity index is 360. The van der Waals surface area contributed by atoms with E-state index in [1.54, 1.807) is 19.2 Å². The Morgan fingerprint density at radius 3 is 2.88 bits per heavy atom. The first kappa shape index (κ1) is 13.4. The van der Waals surface area contributed by atoms with Crippen LogP contribution in [0.4, 0.5) is 5.82 Å². The maximum absolute atomic E-state index is 11.8. The van der Waals surface area contributed by atoms with Gasteiger partial charge in [-0.15, -0.1) is 0 Å². The number of aromatic nitrogens is 1. The molecular weight excluding hydrogens is 218 g/mol. The molecule has 0 aliphatic rings. The molecule has 0 unspecified atom stereocenters. The van der Waals surface area contributed by atoms with E-state index >= 15 is 0 Å². The van der Waals surface area contributed by atoms with Crippen LogP contribution < -0.4 is 11.1 Å². The molecule has 0 aliphatic heterocycles. The Morgan fingerprint density at radius 2 is 2.24 bits per heavy atom. The molecule has 5 heteroatoms. The Morgan fingerprint density at radius 1 is 1.47 bits per heavy atom. The number of hydrogen-bond donors (Lipinski definition) is 2. The van der Waals surface area contributed by atoms with Crippen molar-refractivity contribution in [3.63, 3.8) is 0 Å². The number of amides is 1. The van der Waals surface area contributed by atoms with E-state index in [1.165, 1.54) is 0 Å². The van der Waals surface area contributed by atoms with Gasteiger partial charge in [0, 0.05) is 31.5 Å². The number of nitrogens with zero attached hydrogens (tertiary/aromatic N) is 1. The van der Waals surface area contributed by atoms with E-state index in [-0.39, 0.29) is 5.91 Å². The predicted molar refractivity (Wildman–Crippen MR) is 66.8 cm³/mol. The molecule has 1 aromatic heterocycles. The summed E-state index contributed by atoms with van der Waals surface area (Å²) in [5.74, 6) is 0.258. The predicted octanol–water partition coefficient (Wildman–Crippen LogP) is 1.13. The van der Waals surface area contributed by atoms with Crippen LogP contribution in [0, 0.1) is 6.92 Å². The normalized spacial score (nSPS) is 10.2. The number of anilines is 1. The molecule has 1 rings (SSSR count). The van der Waals surface area contributed by atoms with E-state index in [9.17, 15) is 4.79 Å². The molecule has 5 nitrogen and oxygen atoms in total. The van der Waals surface area contributed by atoms with Crippen molar-refractivity contribution in [1.82, 2.24) is 10.3 Å². The summed E-state index contributed by atoms with van der Waals surface area (Å²) in [6, 6.07) is 3.30. The number of pyridine rings is 1. The molecule has 1 aromatic rings. The number of methoxy groups -OCH3 is 1. The molecule has 0 saturated heterocycles. The zero-order chi connectivity index (χ0) is 12.7. The second-order valence-corrected chi connectivity index (χ2v) is 3.88. The lowest BCUT2D eigenvalue weighted by molar-refractivity contribution is 0.0951. The number of nitrogens with one attached hydrogen (secondary N) is 1. The molecule has 0 spiro atoms. The van der Waals surface area contributed by atoms with Crippen molar-refractivity contribution in [3.05, 3.63) is 23.4 Å². The quantitative estimate of drug-likeness (QED) is 0.727. The average molecular weight is 237 g/mol. The van der Waals surface area contributed by atoms with Gasteiger partial charge in [-0.1, -0.05) is 0 Å². The number of rotatable bonds is 6. The van der Waals surface area contributed by atoms with Gasteiger partial charge in [0.25, 0.3) is 5.91 Å². The van der Waals surface area contributed by atoms with E-state index in [0.717, 1.165) is 25.1 Å². The molecule has 0 aromatic carbocycles. The summed E-state index contributed by atoms with van der Waals surface area (Å²) >= 11 is 0. The van der Waals surface area contributed by atoms with E-state index < -0.39 is 0 Å². The van der Waals surface area contributed by atoms with Gasteiger partial charge >= 0.3 is 0 Å². The number of aryl methyl sites for hydroxylation is 1. The first-order chi connectivity index (χ1) is 8.13. The first-order valence-electron chi connectivity index (χ1n) is 5.65. The van der Waals surface area contributed by atoms with Gasteiger partial charge in [0.1, 0.15) is 5.82 Å². The molecule has 3 N–H and O–H groups in total. The van der Waals surface area contributed by atoms with Gasteiger partial charge < -0.3 is 15.8 Å². The second kappa shape index (κ2) is 6.85. The fourth-order valence-corrected chi connectivity index (χ4v) is 1.50. The Labute approximate surface area is 101 Å². The van der Waals surface area contributed by atoms with Crippen molar-refractivity contribution in [2.24, 2.45) is 0 Å². The number of carbonyl (C=O) groups is 1. The maximum Gasteiger partial charge on any atom is 0.251 e. The highest BCUT2D eigenvalue weighted by molar-refractivity contribution is 5.94. The number of nitrogens with two attached hydrogens (primary N) is 1. The molecule has 0 bridgehead atoms. The maximum atomic E-state index is 11.8. The lowest BCUT2D eigenvalue weighted by Gasteiger charge is -2.06. The highest BCUT2D eigenvalue weighted by Gasteiger charge is 2.06. The van der Waals surface area contributed by atoms with Crippen molar-refractivity contribution in [2.75, 3.05) is 26.0 Å². The minimum atomic E-state index is -0.111. The van der Waals surface area contributed by atoms with E-state index in [1.807, 2.05) is 6.92 Å².